The lowest BCUT2D eigenvalue weighted by Gasteiger charge is -2.34. The van der Waals surface area contributed by atoms with Crippen LogP contribution in [0, 0.1) is 5.82 Å². The van der Waals surface area contributed by atoms with Crippen LogP contribution >= 0.6 is 0 Å². The molecule has 4 heteroatoms. The molecular weight excluding hydrogens is 219 g/mol. The molecule has 1 saturated heterocycles. The Balaban J connectivity index is 2.24. The van der Waals surface area contributed by atoms with Crippen molar-refractivity contribution in [3.8, 4) is 0 Å². The minimum Gasteiger partial charge on any atom is -0.331 e. The number of piperidine rings is 1. The van der Waals surface area contributed by atoms with Crippen molar-refractivity contribution in [3.05, 3.63) is 42.5 Å². The first kappa shape index (κ1) is 11.8. The molecule has 90 valence electrons. The summed E-state index contributed by atoms with van der Waals surface area (Å²) >= 11 is 0. The first-order valence-corrected chi connectivity index (χ1v) is 5.77. The second-order valence-corrected chi connectivity index (χ2v) is 4.15. The summed E-state index contributed by atoms with van der Waals surface area (Å²) in [6.45, 7) is 4.22. The van der Waals surface area contributed by atoms with Gasteiger partial charge in [-0.2, -0.15) is 0 Å². The second-order valence-electron chi connectivity index (χ2n) is 4.15. The molecule has 1 aromatic rings. The molecule has 0 aliphatic carbocycles. The fourth-order valence-electron chi connectivity index (χ4n) is 2.20. The predicted molar refractivity (Wildman–Crippen MR) is 62.7 cm³/mol. The van der Waals surface area contributed by atoms with E-state index in [2.05, 4.69) is 11.6 Å². The van der Waals surface area contributed by atoms with Crippen LogP contribution in [0.2, 0.25) is 0 Å². The summed E-state index contributed by atoms with van der Waals surface area (Å²) in [5.41, 5.74) is 0.751. The number of rotatable bonds is 2. The van der Waals surface area contributed by atoms with Crippen molar-refractivity contribution in [2.75, 3.05) is 6.54 Å². The Morgan fingerprint density at radius 2 is 2.35 bits per heavy atom. The van der Waals surface area contributed by atoms with Gasteiger partial charge in [-0.05, 0) is 37.5 Å². The third-order valence-corrected chi connectivity index (χ3v) is 3.05. The van der Waals surface area contributed by atoms with Crippen LogP contribution in [0.5, 0.6) is 0 Å². The van der Waals surface area contributed by atoms with Crippen LogP contribution in [-0.4, -0.2) is 22.3 Å². The van der Waals surface area contributed by atoms with E-state index in [0.29, 0.717) is 6.54 Å². The number of amides is 1. The van der Waals surface area contributed by atoms with Gasteiger partial charge >= 0.3 is 0 Å². The van der Waals surface area contributed by atoms with E-state index in [1.165, 1.54) is 18.3 Å². The van der Waals surface area contributed by atoms with Gasteiger partial charge in [0, 0.05) is 6.54 Å². The molecule has 0 bridgehead atoms. The molecule has 1 atom stereocenters. The molecule has 1 amide bonds. The molecule has 17 heavy (non-hydrogen) atoms. The molecule has 0 radical (unpaired) electrons. The van der Waals surface area contributed by atoms with Gasteiger partial charge in [-0.25, -0.2) is 4.39 Å². The van der Waals surface area contributed by atoms with Gasteiger partial charge in [0.15, 0.2) is 0 Å². The Hall–Kier alpha value is -1.71. The Bertz CT molecular complexity index is 416. The number of halogens is 1. The topological polar surface area (TPSA) is 33.2 Å². The van der Waals surface area contributed by atoms with Gasteiger partial charge in [0.05, 0.1) is 17.9 Å². The molecule has 1 aromatic heterocycles. The number of hydrogen-bond donors (Lipinski definition) is 0. The number of likely N-dealkylation sites (tertiary alicyclic amines) is 1. The Morgan fingerprint density at radius 1 is 1.53 bits per heavy atom. The van der Waals surface area contributed by atoms with Crippen molar-refractivity contribution < 1.29 is 9.18 Å². The number of pyridine rings is 1. The van der Waals surface area contributed by atoms with E-state index in [1.807, 2.05) is 0 Å². The number of carbonyl (C=O) groups is 1. The van der Waals surface area contributed by atoms with Gasteiger partial charge in [-0.3, -0.25) is 9.78 Å². The SMILES string of the molecule is C=CC(=O)N1CCCCC1c1ccc(F)cn1. The monoisotopic (exact) mass is 234 g/mol. The highest BCUT2D eigenvalue weighted by Gasteiger charge is 2.27. The molecule has 0 spiro atoms. The molecule has 2 heterocycles. The molecule has 0 aromatic carbocycles. The minimum atomic E-state index is -0.355. The molecule has 1 aliphatic rings. The van der Waals surface area contributed by atoms with Crippen LogP contribution in [-0.2, 0) is 4.79 Å². The van der Waals surface area contributed by atoms with Gasteiger partial charge in [0.25, 0.3) is 0 Å². The predicted octanol–water partition coefficient (Wildman–Crippen LogP) is 2.46. The molecule has 1 fully saturated rings. The molecule has 2 rings (SSSR count). The fraction of sp³-hybridized carbons (Fsp3) is 0.385. The molecular formula is C13H15FN2O. The number of carbonyl (C=O) groups excluding carboxylic acids is 1. The lowest BCUT2D eigenvalue weighted by Crippen LogP contribution is -2.37. The first-order valence-electron chi connectivity index (χ1n) is 5.77. The summed E-state index contributed by atoms with van der Waals surface area (Å²) < 4.78 is 12.8. The quantitative estimate of drug-likeness (QED) is 0.736. The van der Waals surface area contributed by atoms with Gasteiger partial charge < -0.3 is 4.90 Å². The number of aromatic nitrogens is 1. The van der Waals surface area contributed by atoms with E-state index in [9.17, 15) is 9.18 Å². The largest absolute Gasteiger partial charge is 0.331 e. The second kappa shape index (κ2) is 5.08. The van der Waals surface area contributed by atoms with Crippen molar-refractivity contribution in [2.45, 2.75) is 25.3 Å². The average Bonchev–Trinajstić information content (AvgIpc) is 2.39. The van der Waals surface area contributed by atoms with Crippen LogP contribution in [0.1, 0.15) is 31.0 Å². The van der Waals surface area contributed by atoms with Gasteiger partial charge in [-0.15, -0.1) is 0 Å². The highest BCUT2D eigenvalue weighted by Crippen LogP contribution is 2.29. The van der Waals surface area contributed by atoms with Crippen LogP contribution in [0.25, 0.3) is 0 Å². The number of nitrogens with zero attached hydrogens (tertiary/aromatic N) is 2. The number of hydrogen-bond acceptors (Lipinski definition) is 2. The zero-order valence-corrected chi connectivity index (χ0v) is 9.60. The van der Waals surface area contributed by atoms with Crippen molar-refractivity contribution >= 4 is 5.91 Å². The molecule has 0 N–H and O–H groups in total. The fourth-order valence-corrected chi connectivity index (χ4v) is 2.20. The van der Waals surface area contributed by atoms with E-state index in [-0.39, 0.29) is 17.8 Å². The molecule has 3 nitrogen and oxygen atoms in total. The van der Waals surface area contributed by atoms with E-state index in [1.54, 1.807) is 11.0 Å². The van der Waals surface area contributed by atoms with E-state index in [0.717, 1.165) is 25.0 Å². The van der Waals surface area contributed by atoms with Crippen molar-refractivity contribution in [1.29, 1.82) is 0 Å². The van der Waals surface area contributed by atoms with Gasteiger partial charge in [0.1, 0.15) is 5.82 Å². The van der Waals surface area contributed by atoms with Crippen LogP contribution in [0.4, 0.5) is 4.39 Å². The maximum absolute atomic E-state index is 12.8. The third-order valence-electron chi connectivity index (χ3n) is 3.05. The summed E-state index contributed by atoms with van der Waals surface area (Å²) in [7, 11) is 0. The smallest absolute Gasteiger partial charge is 0.246 e. The van der Waals surface area contributed by atoms with E-state index < -0.39 is 0 Å². The van der Waals surface area contributed by atoms with Crippen LogP contribution in [0.3, 0.4) is 0 Å². The highest BCUT2D eigenvalue weighted by molar-refractivity contribution is 5.87. The lowest BCUT2D eigenvalue weighted by atomic mass is 9.98. The molecule has 1 unspecified atom stereocenters. The summed E-state index contributed by atoms with van der Waals surface area (Å²) in [6.07, 6.45) is 5.45. The van der Waals surface area contributed by atoms with Gasteiger partial charge in [-0.1, -0.05) is 6.58 Å². The normalized spacial score (nSPS) is 20.1. The summed E-state index contributed by atoms with van der Waals surface area (Å²) in [5.74, 6) is -0.438. The van der Waals surface area contributed by atoms with E-state index >= 15 is 0 Å². The minimum absolute atomic E-state index is 0.0464. The zero-order valence-electron chi connectivity index (χ0n) is 9.60. The van der Waals surface area contributed by atoms with Crippen LogP contribution in [0.15, 0.2) is 31.0 Å². The Kier molecular flexibility index (Phi) is 3.52. The Morgan fingerprint density at radius 3 is 3.00 bits per heavy atom. The molecule has 1 aliphatic heterocycles. The maximum Gasteiger partial charge on any atom is 0.246 e. The summed E-state index contributed by atoms with van der Waals surface area (Å²) in [4.78, 5) is 17.5. The van der Waals surface area contributed by atoms with Gasteiger partial charge in [0.2, 0.25) is 5.91 Å². The Labute approximate surface area is 100.0 Å². The van der Waals surface area contributed by atoms with E-state index in [4.69, 9.17) is 0 Å². The summed E-state index contributed by atoms with van der Waals surface area (Å²) in [6, 6.07) is 2.98. The third kappa shape index (κ3) is 2.52. The standard InChI is InChI=1S/C13H15FN2O/c1-2-13(17)16-8-4-3-5-12(16)11-7-6-10(14)9-15-11/h2,6-7,9,12H,1,3-5,8H2. The first-order chi connectivity index (χ1) is 8.22. The highest BCUT2D eigenvalue weighted by atomic mass is 19.1. The maximum atomic E-state index is 12.8. The van der Waals surface area contributed by atoms with Crippen molar-refractivity contribution in [1.82, 2.24) is 9.88 Å². The average molecular weight is 234 g/mol. The van der Waals surface area contributed by atoms with Crippen molar-refractivity contribution in [3.63, 3.8) is 0 Å². The zero-order chi connectivity index (χ0) is 12.3. The molecule has 0 saturated carbocycles. The summed E-state index contributed by atoms with van der Waals surface area (Å²) in [5, 5.41) is 0. The lowest BCUT2D eigenvalue weighted by molar-refractivity contribution is -0.129. The van der Waals surface area contributed by atoms with Crippen molar-refractivity contribution in [2.24, 2.45) is 0 Å². The van der Waals surface area contributed by atoms with Crippen LogP contribution < -0.4 is 0 Å².